The van der Waals surface area contributed by atoms with Gasteiger partial charge in [0.25, 0.3) is 0 Å². The van der Waals surface area contributed by atoms with Crippen LogP contribution in [0.2, 0.25) is 0 Å². The number of nitrogens with two attached hydrogens (primary N) is 1. The molecule has 0 aromatic heterocycles. The zero-order valence-corrected chi connectivity index (χ0v) is 10.3. The second-order valence-corrected chi connectivity index (χ2v) is 5.81. The third-order valence-electron chi connectivity index (χ3n) is 4.02. The summed E-state index contributed by atoms with van der Waals surface area (Å²) in [4.78, 5) is 13.9. The molecule has 3 N–H and O–H groups in total. The van der Waals surface area contributed by atoms with Crippen LogP contribution < -0.4 is 5.73 Å². The Morgan fingerprint density at radius 1 is 1.65 bits per heavy atom. The topological polar surface area (TPSA) is 90.3 Å². The van der Waals surface area contributed by atoms with Crippen LogP contribution in [0.3, 0.4) is 0 Å². The van der Waals surface area contributed by atoms with E-state index in [0.29, 0.717) is 5.92 Å². The van der Waals surface area contributed by atoms with E-state index in [1.807, 2.05) is 0 Å². The maximum absolute atomic E-state index is 12.3. The average molecular weight is 237 g/mol. The SMILES string of the molecule is CC(C)(CO)C(N)C(=O)N1C(C#N)CC2C[C@@H]21. The van der Waals surface area contributed by atoms with Gasteiger partial charge in [-0.2, -0.15) is 5.26 Å². The molecule has 17 heavy (non-hydrogen) atoms. The Labute approximate surface area is 101 Å². The minimum absolute atomic E-state index is 0.140. The van der Waals surface area contributed by atoms with Gasteiger partial charge in [-0.25, -0.2) is 0 Å². The molecule has 1 heterocycles. The summed E-state index contributed by atoms with van der Waals surface area (Å²) in [5, 5.41) is 18.3. The monoisotopic (exact) mass is 237 g/mol. The molecule has 3 unspecified atom stereocenters. The van der Waals surface area contributed by atoms with E-state index >= 15 is 0 Å². The zero-order chi connectivity index (χ0) is 12.8. The fourth-order valence-electron chi connectivity index (χ4n) is 2.48. The zero-order valence-electron chi connectivity index (χ0n) is 10.3. The summed E-state index contributed by atoms with van der Waals surface area (Å²) < 4.78 is 0. The number of aliphatic hydroxyl groups excluding tert-OH is 1. The first-order chi connectivity index (χ1) is 7.92. The minimum atomic E-state index is -0.748. The van der Waals surface area contributed by atoms with Crippen molar-refractivity contribution in [2.24, 2.45) is 17.1 Å². The Hall–Kier alpha value is -1.12. The molecular formula is C12H19N3O2. The number of amides is 1. The van der Waals surface area contributed by atoms with Gasteiger partial charge in [0.1, 0.15) is 6.04 Å². The molecule has 1 saturated heterocycles. The van der Waals surface area contributed by atoms with Crippen molar-refractivity contribution in [3.8, 4) is 6.07 Å². The van der Waals surface area contributed by atoms with Gasteiger partial charge in [-0.1, -0.05) is 13.8 Å². The molecule has 1 aliphatic heterocycles. The van der Waals surface area contributed by atoms with E-state index in [9.17, 15) is 9.90 Å². The van der Waals surface area contributed by atoms with Gasteiger partial charge in [-0.05, 0) is 18.8 Å². The third kappa shape index (κ3) is 1.92. The third-order valence-corrected chi connectivity index (χ3v) is 4.02. The lowest BCUT2D eigenvalue weighted by atomic mass is 9.85. The van der Waals surface area contributed by atoms with Crippen molar-refractivity contribution in [3.05, 3.63) is 0 Å². The fourth-order valence-corrected chi connectivity index (χ4v) is 2.48. The van der Waals surface area contributed by atoms with Crippen LogP contribution in [0.5, 0.6) is 0 Å². The highest BCUT2D eigenvalue weighted by molar-refractivity contribution is 5.84. The summed E-state index contributed by atoms with van der Waals surface area (Å²) >= 11 is 0. The van der Waals surface area contributed by atoms with Crippen LogP contribution in [0.4, 0.5) is 0 Å². The molecule has 0 aromatic rings. The predicted molar refractivity (Wildman–Crippen MR) is 61.6 cm³/mol. The lowest BCUT2D eigenvalue weighted by Gasteiger charge is -2.33. The van der Waals surface area contributed by atoms with Gasteiger partial charge in [0.15, 0.2) is 0 Å². The van der Waals surface area contributed by atoms with E-state index in [-0.39, 0.29) is 24.6 Å². The van der Waals surface area contributed by atoms with E-state index in [1.54, 1.807) is 18.7 Å². The molecule has 2 rings (SSSR count). The molecule has 1 aliphatic carbocycles. The van der Waals surface area contributed by atoms with Crippen molar-refractivity contribution in [1.82, 2.24) is 4.90 Å². The lowest BCUT2D eigenvalue weighted by Crippen LogP contribution is -2.54. The summed E-state index contributed by atoms with van der Waals surface area (Å²) in [6.07, 6.45) is 1.77. The highest BCUT2D eigenvalue weighted by Crippen LogP contribution is 2.48. The Morgan fingerprint density at radius 3 is 2.82 bits per heavy atom. The van der Waals surface area contributed by atoms with Gasteiger partial charge in [0.2, 0.25) is 5.91 Å². The number of rotatable bonds is 3. The van der Waals surface area contributed by atoms with Gasteiger partial charge in [0, 0.05) is 11.5 Å². The quantitative estimate of drug-likeness (QED) is 0.714. The van der Waals surface area contributed by atoms with Crippen LogP contribution in [-0.2, 0) is 4.79 Å². The highest BCUT2D eigenvalue weighted by Gasteiger charge is 2.55. The molecule has 1 amide bonds. The summed E-state index contributed by atoms with van der Waals surface area (Å²) in [5.41, 5.74) is 5.27. The lowest BCUT2D eigenvalue weighted by molar-refractivity contribution is -0.137. The number of aliphatic hydroxyl groups is 1. The van der Waals surface area contributed by atoms with Crippen molar-refractivity contribution in [3.63, 3.8) is 0 Å². The molecule has 2 aliphatic rings. The number of likely N-dealkylation sites (tertiary alicyclic amines) is 1. The first-order valence-electron chi connectivity index (χ1n) is 6.00. The first-order valence-corrected chi connectivity index (χ1v) is 6.00. The molecule has 0 spiro atoms. The van der Waals surface area contributed by atoms with Gasteiger partial charge < -0.3 is 15.7 Å². The van der Waals surface area contributed by atoms with E-state index in [2.05, 4.69) is 6.07 Å². The Kier molecular flexibility index (Phi) is 2.88. The van der Waals surface area contributed by atoms with Crippen molar-refractivity contribution < 1.29 is 9.90 Å². The fraction of sp³-hybridized carbons (Fsp3) is 0.833. The van der Waals surface area contributed by atoms with Gasteiger partial charge in [-0.15, -0.1) is 0 Å². The van der Waals surface area contributed by atoms with Crippen molar-refractivity contribution in [1.29, 1.82) is 5.26 Å². The number of carbonyl (C=O) groups excluding carboxylic acids is 1. The van der Waals surface area contributed by atoms with Crippen molar-refractivity contribution in [2.75, 3.05) is 6.61 Å². The summed E-state index contributed by atoms with van der Waals surface area (Å²) in [7, 11) is 0. The molecule has 1 saturated carbocycles. The summed E-state index contributed by atoms with van der Waals surface area (Å²) in [5.74, 6) is 0.300. The van der Waals surface area contributed by atoms with Crippen LogP contribution in [-0.4, -0.2) is 40.6 Å². The van der Waals surface area contributed by atoms with Crippen LogP contribution in [0, 0.1) is 22.7 Å². The molecule has 0 bridgehead atoms. The normalized spacial score (nSPS) is 32.9. The standard InChI is InChI=1S/C12H19N3O2/c1-12(2,6-16)10(14)11(17)15-8(5-13)3-7-4-9(7)15/h7-10,16H,3-4,6,14H2,1-2H3/t7?,8?,9-,10?/m0/s1. The van der Waals surface area contributed by atoms with Crippen LogP contribution in [0.25, 0.3) is 0 Å². The smallest absolute Gasteiger partial charge is 0.241 e. The van der Waals surface area contributed by atoms with Gasteiger partial charge in [0.05, 0.1) is 18.7 Å². The van der Waals surface area contributed by atoms with Gasteiger partial charge >= 0.3 is 0 Å². The number of piperidine rings is 1. The van der Waals surface area contributed by atoms with E-state index in [1.165, 1.54) is 0 Å². The van der Waals surface area contributed by atoms with Crippen molar-refractivity contribution in [2.45, 2.75) is 44.8 Å². The predicted octanol–water partition coefficient (Wildman–Crippen LogP) is -0.155. The summed E-state index contributed by atoms with van der Waals surface area (Å²) in [6.45, 7) is 3.38. The van der Waals surface area contributed by atoms with E-state index in [0.717, 1.165) is 12.8 Å². The van der Waals surface area contributed by atoms with E-state index in [4.69, 9.17) is 11.0 Å². The number of hydrogen-bond acceptors (Lipinski definition) is 4. The Balaban J connectivity index is 2.12. The largest absolute Gasteiger partial charge is 0.396 e. The number of nitrogens with zero attached hydrogens (tertiary/aromatic N) is 2. The average Bonchev–Trinajstić information content (AvgIpc) is 2.98. The molecule has 5 nitrogen and oxygen atoms in total. The maximum atomic E-state index is 12.3. The molecule has 94 valence electrons. The molecule has 0 aromatic carbocycles. The number of hydrogen-bond donors (Lipinski definition) is 2. The molecule has 2 fully saturated rings. The molecule has 0 radical (unpaired) electrons. The minimum Gasteiger partial charge on any atom is -0.396 e. The number of nitriles is 1. The highest BCUT2D eigenvalue weighted by atomic mass is 16.3. The van der Waals surface area contributed by atoms with Crippen LogP contribution >= 0.6 is 0 Å². The maximum Gasteiger partial charge on any atom is 0.241 e. The molecular weight excluding hydrogens is 218 g/mol. The molecule has 4 atom stereocenters. The van der Waals surface area contributed by atoms with Crippen LogP contribution in [0.15, 0.2) is 0 Å². The van der Waals surface area contributed by atoms with E-state index < -0.39 is 11.5 Å². The number of carbonyl (C=O) groups is 1. The second kappa shape index (κ2) is 3.97. The van der Waals surface area contributed by atoms with Crippen LogP contribution in [0.1, 0.15) is 26.7 Å². The number of fused-ring (bicyclic) bond motifs is 1. The molecule has 5 heteroatoms. The van der Waals surface area contributed by atoms with Gasteiger partial charge in [-0.3, -0.25) is 4.79 Å². The Morgan fingerprint density at radius 2 is 2.29 bits per heavy atom. The Bertz CT molecular complexity index is 374. The van der Waals surface area contributed by atoms with Crippen molar-refractivity contribution >= 4 is 5.91 Å². The summed E-state index contributed by atoms with van der Waals surface area (Å²) in [6, 6.07) is 1.31. The second-order valence-electron chi connectivity index (χ2n) is 5.81. The first kappa shape index (κ1) is 12.3.